The molecule has 0 bridgehead atoms. The second kappa shape index (κ2) is 9.22. The van der Waals surface area contributed by atoms with Crippen molar-refractivity contribution in [3.63, 3.8) is 0 Å². The summed E-state index contributed by atoms with van der Waals surface area (Å²) in [6.07, 6.45) is 2.82. The SMILES string of the molecule is Cc1cc(C(=O)N(C)C2CCNC2)c(C)n1Cc1ccccn1.Cl.Cl. The molecule has 0 aliphatic carbocycles. The molecule has 0 spiro atoms. The van der Waals surface area contributed by atoms with Gasteiger partial charge in [-0.15, -0.1) is 24.8 Å². The number of hydrogen-bond acceptors (Lipinski definition) is 3. The molecule has 2 aromatic rings. The Labute approximate surface area is 161 Å². The average molecular weight is 385 g/mol. The molecule has 1 aliphatic heterocycles. The highest BCUT2D eigenvalue weighted by Crippen LogP contribution is 2.20. The summed E-state index contributed by atoms with van der Waals surface area (Å²) < 4.78 is 2.16. The molecule has 1 unspecified atom stereocenters. The van der Waals surface area contributed by atoms with Crippen LogP contribution < -0.4 is 5.32 Å². The average Bonchev–Trinajstić information content (AvgIpc) is 3.19. The van der Waals surface area contributed by atoms with Gasteiger partial charge < -0.3 is 14.8 Å². The van der Waals surface area contributed by atoms with Gasteiger partial charge in [0.15, 0.2) is 0 Å². The van der Waals surface area contributed by atoms with Gasteiger partial charge in [-0.05, 0) is 45.0 Å². The largest absolute Gasteiger partial charge is 0.342 e. The number of nitrogens with one attached hydrogen (secondary N) is 1. The van der Waals surface area contributed by atoms with Gasteiger partial charge in [0.2, 0.25) is 0 Å². The minimum Gasteiger partial charge on any atom is -0.342 e. The number of amides is 1. The lowest BCUT2D eigenvalue weighted by atomic mass is 10.1. The number of aryl methyl sites for hydroxylation is 1. The number of carbonyl (C=O) groups excluding carboxylic acids is 1. The van der Waals surface area contributed by atoms with Crippen LogP contribution in [0.2, 0.25) is 0 Å². The lowest BCUT2D eigenvalue weighted by Crippen LogP contribution is -2.38. The Morgan fingerprint density at radius 2 is 2.12 bits per heavy atom. The molecule has 2 aromatic heterocycles. The quantitative estimate of drug-likeness (QED) is 0.881. The number of carbonyl (C=O) groups is 1. The summed E-state index contributed by atoms with van der Waals surface area (Å²) >= 11 is 0. The van der Waals surface area contributed by atoms with Crippen molar-refractivity contribution in [2.24, 2.45) is 0 Å². The van der Waals surface area contributed by atoms with Crippen LogP contribution in [0, 0.1) is 13.8 Å². The summed E-state index contributed by atoms with van der Waals surface area (Å²) in [4.78, 5) is 19.1. The number of hydrogen-bond donors (Lipinski definition) is 1. The van der Waals surface area contributed by atoms with Gasteiger partial charge in [0.05, 0.1) is 17.8 Å². The molecule has 3 heterocycles. The predicted octanol–water partition coefficient (Wildman–Crippen LogP) is 2.83. The predicted molar refractivity (Wildman–Crippen MR) is 105 cm³/mol. The van der Waals surface area contributed by atoms with E-state index in [1.807, 2.05) is 50.1 Å². The van der Waals surface area contributed by atoms with Crippen molar-refractivity contribution < 1.29 is 4.79 Å². The molecule has 0 saturated carbocycles. The Morgan fingerprint density at radius 1 is 1.36 bits per heavy atom. The molecule has 1 amide bonds. The molecule has 1 atom stereocenters. The van der Waals surface area contributed by atoms with E-state index in [2.05, 4.69) is 14.9 Å². The summed E-state index contributed by atoms with van der Waals surface area (Å²) in [5.74, 6) is 0.110. The van der Waals surface area contributed by atoms with Crippen LogP contribution in [0.5, 0.6) is 0 Å². The Balaban J connectivity index is 0.00000156. The first-order chi connectivity index (χ1) is 11.1. The fraction of sp³-hybridized carbons (Fsp3) is 0.444. The standard InChI is InChI=1S/C18H24N4O.2ClH/c1-13-10-17(18(23)21(3)16-7-9-19-11-16)14(2)22(13)12-15-6-4-5-8-20-15;;/h4-6,8,10,16,19H,7,9,11-12H2,1-3H3;2*1H. The van der Waals surface area contributed by atoms with Crippen LogP contribution in [0.1, 0.15) is 33.9 Å². The van der Waals surface area contributed by atoms with E-state index in [0.29, 0.717) is 12.6 Å². The molecule has 5 nitrogen and oxygen atoms in total. The molecule has 7 heteroatoms. The maximum absolute atomic E-state index is 12.8. The van der Waals surface area contributed by atoms with E-state index in [0.717, 1.165) is 42.2 Å². The molecule has 0 aromatic carbocycles. The fourth-order valence-corrected chi connectivity index (χ4v) is 3.24. The molecular weight excluding hydrogens is 359 g/mol. The van der Waals surface area contributed by atoms with E-state index in [-0.39, 0.29) is 30.7 Å². The number of nitrogens with zero attached hydrogens (tertiary/aromatic N) is 3. The van der Waals surface area contributed by atoms with Crippen LogP contribution in [-0.2, 0) is 6.54 Å². The normalized spacial score (nSPS) is 16.0. The number of halogens is 2. The van der Waals surface area contributed by atoms with Crippen molar-refractivity contribution in [1.29, 1.82) is 0 Å². The first kappa shape index (κ1) is 21.5. The summed E-state index contributed by atoms with van der Waals surface area (Å²) in [5.41, 5.74) is 3.90. The minimum atomic E-state index is 0. The van der Waals surface area contributed by atoms with Crippen LogP contribution >= 0.6 is 24.8 Å². The maximum atomic E-state index is 12.8. The van der Waals surface area contributed by atoms with Gasteiger partial charge in [0.25, 0.3) is 5.91 Å². The first-order valence-corrected chi connectivity index (χ1v) is 8.12. The van der Waals surface area contributed by atoms with E-state index in [1.165, 1.54) is 0 Å². The van der Waals surface area contributed by atoms with Crippen molar-refractivity contribution in [2.75, 3.05) is 20.1 Å². The molecule has 1 saturated heterocycles. The molecule has 1 N–H and O–H groups in total. The molecule has 0 radical (unpaired) electrons. The fourth-order valence-electron chi connectivity index (χ4n) is 3.24. The lowest BCUT2D eigenvalue weighted by Gasteiger charge is -2.23. The third-order valence-electron chi connectivity index (χ3n) is 4.75. The minimum absolute atomic E-state index is 0. The zero-order chi connectivity index (χ0) is 16.4. The van der Waals surface area contributed by atoms with Gasteiger partial charge in [-0.1, -0.05) is 6.07 Å². The van der Waals surface area contributed by atoms with Crippen LogP contribution in [-0.4, -0.2) is 46.5 Å². The maximum Gasteiger partial charge on any atom is 0.255 e. The monoisotopic (exact) mass is 384 g/mol. The van der Waals surface area contributed by atoms with E-state index in [9.17, 15) is 4.79 Å². The molecule has 1 aliphatic rings. The zero-order valence-corrected chi connectivity index (χ0v) is 16.5. The Bertz CT molecular complexity index is 697. The van der Waals surface area contributed by atoms with Crippen molar-refractivity contribution in [1.82, 2.24) is 19.8 Å². The van der Waals surface area contributed by atoms with Crippen LogP contribution in [0.15, 0.2) is 30.5 Å². The van der Waals surface area contributed by atoms with E-state index in [4.69, 9.17) is 0 Å². The van der Waals surface area contributed by atoms with Crippen molar-refractivity contribution in [2.45, 2.75) is 32.9 Å². The highest BCUT2D eigenvalue weighted by atomic mass is 35.5. The van der Waals surface area contributed by atoms with Gasteiger partial charge in [0, 0.05) is 37.2 Å². The molecule has 3 rings (SSSR count). The number of aromatic nitrogens is 2. The van der Waals surface area contributed by atoms with Gasteiger partial charge >= 0.3 is 0 Å². The summed E-state index contributed by atoms with van der Waals surface area (Å²) in [5, 5.41) is 3.32. The highest BCUT2D eigenvalue weighted by Gasteiger charge is 2.26. The smallest absolute Gasteiger partial charge is 0.255 e. The Kier molecular flexibility index (Phi) is 7.93. The third-order valence-corrected chi connectivity index (χ3v) is 4.75. The van der Waals surface area contributed by atoms with Crippen LogP contribution in [0.3, 0.4) is 0 Å². The van der Waals surface area contributed by atoms with E-state index in [1.54, 1.807) is 6.20 Å². The summed E-state index contributed by atoms with van der Waals surface area (Å²) in [6.45, 7) is 6.63. The molecule has 138 valence electrons. The van der Waals surface area contributed by atoms with Crippen LogP contribution in [0.25, 0.3) is 0 Å². The third kappa shape index (κ3) is 4.54. The molecule has 1 fully saturated rings. The Morgan fingerprint density at radius 3 is 2.72 bits per heavy atom. The number of pyridine rings is 1. The molecule has 25 heavy (non-hydrogen) atoms. The summed E-state index contributed by atoms with van der Waals surface area (Å²) in [6, 6.07) is 8.21. The lowest BCUT2D eigenvalue weighted by molar-refractivity contribution is 0.0743. The number of likely N-dealkylation sites (N-methyl/N-ethyl adjacent to an activating group) is 1. The first-order valence-electron chi connectivity index (χ1n) is 8.12. The van der Waals surface area contributed by atoms with Crippen molar-refractivity contribution in [3.8, 4) is 0 Å². The highest BCUT2D eigenvalue weighted by molar-refractivity contribution is 5.95. The van der Waals surface area contributed by atoms with Gasteiger partial charge in [-0.3, -0.25) is 9.78 Å². The summed E-state index contributed by atoms with van der Waals surface area (Å²) in [7, 11) is 1.91. The topological polar surface area (TPSA) is 50.2 Å². The van der Waals surface area contributed by atoms with Crippen molar-refractivity contribution in [3.05, 3.63) is 53.1 Å². The van der Waals surface area contributed by atoms with Gasteiger partial charge in [-0.2, -0.15) is 0 Å². The number of rotatable bonds is 4. The van der Waals surface area contributed by atoms with E-state index < -0.39 is 0 Å². The van der Waals surface area contributed by atoms with Gasteiger partial charge in [-0.25, -0.2) is 0 Å². The van der Waals surface area contributed by atoms with Crippen molar-refractivity contribution >= 4 is 30.7 Å². The van der Waals surface area contributed by atoms with Crippen LogP contribution in [0.4, 0.5) is 0 Å². The molecular formula is C18H26Cl2N4O. The second-order valence-corrected chi connectivity index (χ2v) is 6.25. The zero-order valence-electron chi connectivity index (χ0n) is 14.9. The van der Waals surface area contributed by atoms with E-state index >= 15 is 0 Å². The van der Waals surface area contributed by atoms with Gasteiger partial charge in [0.1, 0.15) is 0 Å². The Hall–Kier alpha value is -1.56. The second-order valence-electron chi connectivity index (χ2n) is 6.25.